The van der Waals surface area contributed by atoms with Gasteiger partial charge < -0.3 is 19.9 Å². The van der Waals surface area contributed by atoms with E-state index in [1.54, 1.807) is 18.2 Å². The Morgan fingerprint density at radius 2 is 1.95 bits per heavy atom. The molecule has 0 saturated carbocycles. The second-order valence-corrected chi connectivity index (χ2v) is 5.45. The highest BCUT2D eigenvalue weighted by Gasteiger charge is 2.18. The minimum atomic E-state index is -0.246. The fraction of sp³-hybridized carbons (Fsp3) is 0.562. The number of aliphatic hydroxyl groups is 1. The molecular weight excluding hydrogens is 270 g/mol. The molecule has 0 radical (unpaired) electrons. The lowest BCUT2D eigenvalue weighted by atomic mass is 10.0. The molecule has 1 rings (SSSR count). The Morgan fingerprint density at radius 3 is 2.52 bits per heavy atom. The van der Waals surface area contributed by atoms with Gasteiger partial charge in [-0.1, -0.05) is 13.0 Å². The third kappa shape index (κ3) is 5.63. The van der Waals surface area contributed by atoms with E-state index in [0.29, 0.717) is 18.1 Å². The van der Waals surface area contributed by atoms with Gasteiger partial charge in [-0.25, -0.2) is 0 Å². The molecule has 1 aromatic carbocycles. The molecule has 1 aromatic rings. The van der Waals surface area contributed by atoms with Gasteiger partial charge in [0.15, 0.2) is 18.1 Å². The van der Waals surface area contributed by atoms with Gasteiger partial charge in [0.2, 0.25) is 0 Å². The lowest BCUT2D eigenvalue weighted by Crippen LogP contribution is -2.44. The van der Waals surface area contributed by atoms with Crippen molar-refractivity contribution in [3.63, 3.8) is 0 Å². The van der Waals surface area contributed by atoms with Crippen LogP contribution in [0.5, 0.6) is 11.5 Å². The fourth-order valence-corrected chi connectivity index (χ4v) is 1.68. The maximum atomic E-state index is 11.9. The monoisotopic (exact) mass is 295 g/mol. The van der Waals surface area contributed by atoms with Crippen LogP contribution in [-0.2, 0) is 11.4 Å². The van der Waals surface area contributed by atoms with E-state index < -0.39 is 0 Å². The Hall–Kier alpha value is -1.75. The van der Waals surface area contributed by atoms with E-state index in [-0.39, 0.29) is 24.7 Å². The van der Waals surface area contributed by atoms with Crippen molar-refractivity contribution >= 4 is 5.91 Å². The van der Waals surface area contributed by atoms with Crippen LogP contribution >= 0.6 is 0 Å². The summed E-state index contributed by atoms with van der Waals surface area (Å²) in [6.45, 7) is 8.17. The zero-order chi connectivity index (χ0) is 15.9. The predicted molar refractivity (Wildman–Crippen MR) is 81.5 cm³/mol. The van der Waals surface area contributed by atoms with Gasteiger partial charge in [0.1, 0.15) is 0 Å². The summed E-state index contributed by atoms with van der Waals surface area (Å²) in [5.74, 6) is 0.862. The van der Waals surface area contributed by atoms with Crippen LogP contribution in [-0.4, -0.2) is 29.8 Å². The van der Waals surface area contributed by atoms with Gasteiger partial charge in [-0.3, -0.25) is 4.79 Å². The Morgan fingerprint density at radius 1 is 1.24 bits per heavy atom. The largest absolute Gasteiger partial charge is 0.490 e. The Kier molecular flexibility index (Phi) is 6.49. The molecule has 0 fully saturated rings. The first-order valence-electron chi connectivity index (χ1n) is 7.22. The summed E-state index contributed by atoms with van der Waals surface area (Å²) in [6.07, 6.45) is 0.841. The average molecular weight is 295 g/mol. The zero-order valence-corrected chi connectivity index (χ0v) is 13.2. The number of carbonyl (C=O) groups is 1. The highest BCUT2D eigenvalue weighted by molar-refractivity contribution is 5.78. The van der Waals surface area contributed by atoms with Crippen molar-refractivity contribution in [3.05, 3.63) is 23.8 Å². The molecular formula is C16H25NO4. The summed E-state index contributed by atoms with van der Waals surface area (Å²) < 4.78 is 11.0. The van der Waals surface area contributed by atoms with Crippen LogP contribution in [0.15, 0.2) is 18.2 Å². The normalized spacial score (nSPS) is 11.1. The van der Waals surface area contributed by atoms with Crippen molar-refractivity contribution in [3.8, 4) is 11.5 Å². The maximum Gasteiger partial charge on any atom is 0.258 e. The first kappa shape index (κ1) is 17.3. The molecule has 0 aliphatic rings. The molecule has 0 spiro atoms. The van der Waals surface area contributed by atoms with Crippen molar-refractivity contribution in [1.82, 2.24) is 5.32 Å². The molecule has 0 unspecified atom stereocenters. The van der Waals surface area contributed by atoms with Crippen molar-refractivity contribution in [2.75, 3.05) is 13.2 Å². The number of hydrogen-bond donors (Lipinski definition) is 2. The zero-order valence-electron chi connectivity index (χ0n) is 13.2. The van der Waals surface area contributed by atoms with Gasteiger partial charge in [-0.2, -0.15) is 0 Å². The van der Waals surface area contributed by atoms with Crippen LogP contribution in [0.1, 0.15) is 39.7 Å². The number of hydrogen-bond acceptors (Lipinski definition) is 4. The molecule has 0 heterocycles. The first-order chi connectivity index (χ1) is 9.91. The summed E-state index contributed by atoms with van der Waals surface area (Å²) in [4.78, 5) is 11.9. The number of benzene rings is 1. The smallest absolute Gasteiger partial charge is 0.258 e. The number of aliphatic hydroxyl groups excluding tert-OH is 1. The minimum Gasteiger partial charge on any atom is -0.490 e. The van der Waals surface area contributed by atoms with Gasteiger partial charge in [-0.05, 0) is 44.9 Å². The second-order valence-electron chi connectivity index (χ2n) is 5.45. The highest BCUT2D eigenvalue weighted by atomic mass is 16.5. The molecule has 0 aromatic heterocycles. The number of ether oxygens (including phenoxy) is 2. The van der Waals surface area contributed by atoms with E-state index in [0.717, 1.165) is 12.0 Å². The Bertz CT molecular complexity index is 471. The minimum absolute atomic E-state index is 0.0640. The van der Waals surface area contributed by atoms with E-state index in [4.69, 9.17) is 14.6 Å². The van der Waals surface area contributed by atoms with Gasteiger partial charge >= 0.3 is 0 Å². The van der Waals surface area contributed by atoms with Gasteiger partial charge in [-0.15, -0.1) is 0 Å². The SMILES string of the molecule is CCOc1cc(CO)ccc1OCC(=O)NC(C)(C)CC. The summed E-state index contributed by atoms with van der Waals surface area (Å²) in [5.41, 5.74) is 0.492. The van der Waals surface area contributed by atoms with E-state index in [2.05, 4.69) is 5.32 Å². The third-order valence-corrected chi connectivity index (χ3v) is 3.21. The van der Waals surface area contributed by atoms with Gasteiger partial charge in [0, 0.05) is 5.54 Å². The Labute approximate surface area is 126 Å². The lowest BCUT2D eigenvalue weighted by molar-refractivity contribution is -0.124. The van der Waals surface area contributed by atoms with Gasteiger partial charge in [0.05, 0.1) is 13.2 Å². The number of rotatable bonds is 8. The number of amides is 1. The van der Waals surface area contributed by atoms with Gasteiger partial charge in [0.25, 0.3) is 5.91 Å². The van der Waals surface area contributed by atoms with Crippen molar-refractivity contribution in [1.29, 1.82) is 0 Å². The topological polar surface area (TPSA) is 67.8 Å². The molecule has 0 aliphatic carbocycles. The molecule has 0 saturated heterocycles. The molecule has 5 nitrogen and oxygen atoms in total. The molecule has 5 heteroatoms. The average Bonchev–Trinajstić information content (AvgIpc) is 2.45. The van der Waals surface area contributed by atoms with E-state index in [1.807, 2.05) is 27.7 Å². The molecule has 1 amide bonds. The molecule has 118 valence electrons. The standard InChI is InChI=1S/C16H25NO4/c1-5-16(3,4)17-15(19)11-21-13-8-7-12(10-18)9-14(13)20-6-2/h7-9,18H,5-6,10-11H2,1-4H3,(H,17,19). The quantitative estimate of drug-likeness (QED) is 0.772. The molecule has 21 heavy (non-hydrogen) atoms. The highest BCUT2D eigenvalue weighted by Crippen LogP contribution is 2.28. The Balaban J connectivity index is 2.68. The second kappa shape index (κ2) is 7.88. The summed E-state index contributed by atoms with van der Waals surface area (Å²) in [6, 6.07) is 5.16. The molecule has 0 aliphatic heterocycles. The third-order valence-electron chi connectivity index (χ3n) is 3.21. The number of carbonyl (C=O) groups excluding carboxylic acids is 1. The van der Waals surface area contributed by atoms with Crippen molar-refractivity contribution < 1.29 is 19.4 Å². The van der Waals surface area contributed by atoms with Crippen LogP contribution in [0.4, 0.5) is 0 Å². The van der Waals surface area contributed by atoms with Crippen molar-refractivity contribution in [2.24, 2.45) is 0 Å². The predicted octanol–water partition coefficient (Wildman–Crippen LogP) is 2.26. The first-order valence-corrected chi connectivity index (χ1v) is 7.22. The molecule has 0 atom stereocenters. The van der Waals surface area contributed by atoms with Crippen LogP contribution in [0.25, 0.3) is 0 Å². The molecule has 2 N–H and O–H groups in total. The molecule has 0 bridgehead atoms. The lowest BCUT2D eigenvalue weighted by Gasteiger charge is -2.24. The fourth-order valence-electron chi connectivity index (χ4n) is 1.68. The van der Waals surface area contributed by atoms with E-state index >= 15 is 0 Å². The number of nitrogens with one attached hydrogen (secondary N) is 1. The van der Waals surface area contributed by atoms with E-state index in [1.165, 1.54) is 0 Å². The van der Waals surface area contributed by atoms with E-state index in [9.17, 15) is 4.79 Å². The van der Waals surface area contributed by atoms with Crippen LogP contribution in [0.3, 0.4) is 0 Å². The summed E-state index contributed by atoms with van der Waals surface area (Å²) in [7, 11) is 0. The van der Waals surface area contributed by atoms with Crippen LogP contribution in [0.2, 0.25) is 0 Å². The summed E-state index contributed by atoms with van der Waals surface area (Å²) in [5, 5.41) is 12.0. The maximum absolute atomic E-state index is 11.9. The van der Waals surface area contributed by atoms with Crippen molar-refractivity contribution in [2.45, 2.75) is 46.3 Å². The van der Waals surface area contributed by atoms with Crippen LogP contribution in [0, 0.1) is 0 Å². The summed E-state index contributed by atoms with van der Waals surface area (Å²) >= 11 is 0. The van der Waals surface area contributed by atoms with Crippen LogP contribution < -0.4 is 14.8 Å².